The van der Waals surface area contributed by atoms with Gasteiger partial charge in [-0.05, 0) is 34.2 Å². The van der Waals surface area contributed by atoms with Gasteiger partial charge in [-0.25, -0.2) is 0 Å². The molecule has 0 fully saturated rings. The average Bonchev–Trinajstić information content (AvgIpc) is 3.21. The van der Waals surface area contributed by atoms with E-state index in [0.29, 0.717) is 10.6 Å². The Kier molecular flexibility index (Phi) is 6.53. The molecule has 0 spiro atoms. The minimum absolute atomic E-state index is 0.0938. The molecule has 168 valence electrons. The Bertz CT molecular complexity index is 1320. The van der Waals surface area contributed by atoms with Crippen molar-refractivity contribution in [1.82, 2.24) is 4.90 Å². The number of carbonyl (C=O) groups is 1. The Morgan fingerprint density at radius 2 is 1.59 bits per heavy atom. The van der Waals surface area contributed by atoms with Gasteiger partial charge in [0.05, 0.1) is 12.0 Å². The molecule has 2 heterocycles. The van der Waals surface area contributed by atoms with Crippen molar-refractivity contribution in [3.05, 3.63) is 112 Å². The third kappa shape index (κ3) is 4.94. The Balaban J connectivity index is 1.25. The summed E-state index contributed by atoms with van der Waals surface area (Å²) in [4.78, 5) is 16.4. The Morgan fingerprint density at radius 1 is 0.912 bits per heavy atom. The largest absolute Gasteiger partial charge is 0.316 e. The van der Waals surface area contributed by atoms with Gasteiger partial charge in [0.1, 0.15) is 11.1 Å². The summed E-state index contributed by atoms with van der Waals surface area (Å²) in [7, 11) is 0. The number of nitrogens with one attached hydrogen (secondary N) is 1. The molecule has 1 aliphatic rings. The smallest absolute Gasteiger partial charge is 0.229 e. The second-order valence-electron chi connectivity index (χ2n) is 8.55. The van der Waals surface area contributed by atoms with Gasteiger partial charge in [0, 0.05) is 24.5 Å². The monoisotopic (exact) mass is 463 g/mol. The van der Waals surface area contributed by atoms with E-state index in [-0.39, 0.29) is 12.3 Å². The van der Waals surface area contributed by atoms with Crippen LogP contribution in [0.25, 0.3) is 11.1 Å². The standard InChI is InChI=1S/C29H25N3OS/c30-18-26-25-15-16-32(19-22-7-3-1-4-8-22)20-27(25)34-29(26)31-28(33)17-21-11-13-24(14-12-21)23-9-5-2-6-10-23/h1-14H,15-17,19-20H2,(H,31,33). The van der Waals surface area contributed by atoms with Gasteiger partial charge in [-0.2, -0.15) is 5.26 Å². The molecular formula is C29H25N3OS. The van der Waals surface area contributed by atoms with Gasteiger partial charge < -0.3 is 5.32 Å². The van der Waals surface area contributed by atoms with Gasteiger partial charge in [0.2, 0.25) is 5.91 Å². The highest BCUT2D eigenvalue weighted by Crippen LogP contribution is 2.37. The lowest BCUT2D eigenvalue weighted by Crippen LogP contribution is -2.29. The average molecular weight is 464 g/mol. The number of benzene rings is 3. The van der Waals surface area contributed by atoms with Crippen LogP contribution in [0.15, 0.2) is 84.9 Å². The third-order valence-electron chi connectivity index (χ3n) is 6.18. The van der Waals surface area contributed by atoms with Gasteiger partial charge in [0.15, 0.2) is 0 Å². The lowest BCUT2D eigenvalue weighted by molar-refractivity contribution is -0.115. The van der Waals surface area contributed by atoms with Gasteiger partial charge in [-0.1, -0.05) is 84.9 Å². The lowest BCUT2D eigenvalue weighted by Gasteiger charge is -2.26. The van der Waals surface area contributed by atoms with Crippen LogP contribution in [0.2, 0.25) is 0 Å². The summed E-state index contributed by atoms with van der Waals surface area (Å²) in [6.45, 7) is 2.61. The van der Waals surface area contributed by atoms with E-state index in [2.05, 4.69) is 52.7 Å². The molecule has 34 heavy (non-hydrogen) atoms. The summed E-state index contributed by atoms with van der Waals surface area (Å²) in [5.74, 6) is -0.0938. The van der Waals surface area contributed by atoms with E-state index < -0.39 is 0 Å². The van der Waals surface area contributed by atoms with Gasteiger partial charge in [0.25, 0.3) is 0 Å². The Labute approximate surface area is 204 Å². The van der Waals surface area contributed by atoms with Crippen molar-refractivity contribution in [1.29, 1.82) is 5.26 Å². The molecule has 0 saturated carbocycles. The van der Waals surface area contributed by atoms with E-state index >= 15 is 0 Å². The van der Waals surface area contributed by atoms with Gasteiger partial charge in [-0.15, -0.1) is 11.3 Å². The minimum atomic E-state index is -0.0938. The summed E-state index contributed by atoms with van der Waals surface area (Å²) in [6, 6.07) is 31.0. The molecule has 1 amide bonds. The molecule has 0 unspecified atom stereocenters. The fourth-order valence-electron chi connectivity index (χ4n) is 4.44. The van der Waals surface area contributed by atoms with Crippen LogP contribution in [0.4, 0.5) is 5.00 Å². The number of hydrogen-bond donors (Lipinski definition) is 1. The number of rotatable bonds is 6. The predicted octanol–water partition coefficient (Wildman–Crippen LogP) is 6.03. The van der Waals surface area contributed by atoms with Crippen molar-refractivity contribution >= 4 is 22.2 Å². The van der Waals surface area contributed by atoms with Crippen LogP contribution in [-0.4, -0.2) is 17.4 Å². The number of amides is 1. The second kappa shape index (κ2) is 10.0. The molecule has 0 saturated heterocycles. The van der Waals surface area contributed by atoms with E-state index in [4.69, 9.17) is 0 Å². The number of carbonyl (C=O) groups excluding carboxylic acids is 1. The maximum absolute atomic E-state index is 12.8. The highest BCUT2D eigenvalue weighted by molar-refractivity contribution is 7.16. The summed E-state index contributed by atoms with van der Waals surface area (Å²) >= 11 is 1.54. The molecule has 0 aliphatic carbocycles. The molecule has 0 atom stereocenters. The molecule has 1 aromatic heterocycles. The number of anilines is 1. The quantitative estimate of drug-likeness (QED) is 0.380. The lowest BCUT2D eigenvalue weighted by atomic mass is 10.0. The molecule has 1 aliphatic heterocycles. The number of nitrogens with zero attached hydrogens (tertiary/aromatic N) is 2. The zero-order valence-electron chi connectivity index (χ0n) is 18.8. The maximum atomic E-state index is 12.8. The molecule has 5 rings (SSSR count). The third-order valence-corrected chi connectivity index (χ3v) is 7.31. The number of hydrogen-bond acceptors (Lipinski definition) is 4. The van der Waals surface area contributed by atoms with E-state index in [0.717, 1.165) is 48.3 Å². The maximum Gasteiger partial charge on any atom is 0.229 e. The summed E-state index contributed by atoms with van der Waals surface area (Å²) in [5.41, 5.74) is 6.25. The van der Waals surface area contributed by atoms with Crippen LogP contribution in [-0.2, 0) is 30.7 Å². The molecule has 0 bridgehead atoms. The fraction of sp³-hybridized carbons (Fsp3) is 0.172. The van der Waals surface area contributed by atoms with E-state index in [9.17, 15) is 10.1 Å². The Hall–Kier alpha value is -3.72. The van der Waals surface area contributed by atoms with Gasteiger partial charge in [-0.3, -0.25) is 9.69 Å². The number of nitriles is 1. The predicted molar refractivity (Wildman–Crippen MR) is 138 cm³/mol. The highest BCUT2D eigenvalue weighted by Gasteiger charge is 2.25. The molecule has 4 nitrogen and oxygen atoms in total. The first-order valence-corrected chi connectivity index (χ1v) is 12.3. The minimum Gasteiger partial charge on any atom is -0.316 e. The molecule has 3 aromatic carbocycles. The summed E-state index contributed by atoms with van der Waals surface area (Å²) in [6.07, 6.45) is 1.11. The van der Waals surface area contributed by atoms with E-state index in [1.807, 2.05) is 48.5 Å². The van der Waals surface area contributed by atoms with E-state index in [1.54, 1.807) is 11.3 Å². The molecule has 0 radical (unpaired) electrons. The fourth-order valence-corrected chi connectivity index (χ4v) is 5.70. The topological polar surface area (TPSA) is 56.1 Å². The first-order valence-electron chi connectivity index (χ1n) is 11.4. The van der Waals surface area contributed by atoms with Crippen molar-refractivity contribution in [3.63, 3.8) is 0 Å². The SMILES string of the molecule is N#Cc1c(NC(=O)Cc2ccc(-c3ccccc3)cc2)sc2c1CCN(Cc1ccccc1)C2. The van der Waals surface area contributed by atoms with Crippen molar-refractivity contribution in [2.75, 3.05) is 11.9 Å². The summed E-state index contributed by atoms with van der Waals surface area (Å²) < 4.78 is 0. The summed E-state index contributed by atoms with van der Waals surface area (Å²) in [5, 5.41) is 13.5. The zero-order valence-corrected chi connectivity index (χ0v) is 19.6. The van der Waals surface area contributed by atoms with Crippen LogP contribution in [0.1, 0.15) is 27.1 Å². The van der Waals surface area contributed by atoms with Crippen LogP contribution in [0.5, 0.6) is 0 Å². The normalized spacial score (nSPS) is 13.1. The van der Waals surface area contributed by atoms with Crippen LogP contribution >= 0.6 is 11.3 Å². The molecule has 5 heteroatoms. The highest BCUT2D eigenvalue weighted by atomic mass is 32.1. The van der Waals surface area contributed by atoms with E-state index in [1.165, 1.54) is 10.4 Å². The number of fused-ring (bicyclic) bond motifs is 1. The molecular weight excluding hydrogens is 438 g/mol. The molecule has 1 N–H and O–H groups in total. The van der Waals surface area contributed by atoms with Gasteiger partial charge >= 0.3 is 0 Å². The van der Waals surface area contributed by atoms with Crippen molar-refractivity contribution < 1.29 is 4.79 Å². The van der Waals surface area contributed by atoms with Crippen LogP contribution in [0.3, 0.4) is 0 Å². The zero-order chi connectivity index (χ0) is 23.3. The number of thiophene rings is 1. The van der Waals surface area contributed by atoms with Crippen molar-refractivity contribution in [2.45, 2.75) is 25.9 Å². The van der Waals surface area contributed by atoms with Crippen LogP contribution in [0, 0.1) is 11.3 Å². The molecule has 4 aromatic rings. The first kappa shape index (κ1) is 22.1. The van der Waals surface area contributed by atoms with Crippen molar-refractivity contribution in [3.8, 4) is 17.2 Å². The Morgan fingerprint density at radius 3 is 2.29 bits per heavy atom. The first-order chi connectivity index (χ1) is 16.7. The van der Waals surface area contributed by atoms with Crippen molar-refractivity contribution in [2.24, 2.45) is 0 Å². The van der Waals surface area contributed by atoms with Crippen LogP contribution < -0.4 is 5.32 Å². The second-order valence-corrected chi connectivity index (χ2v) is 9.66.